The molecule has 0 amide bonds. The molecule has 13 nitrogen and oxygen atoms in total. The summed E-state index contributed by atoms with van der Waals surface area (Å²) in [4.78, 5) is 37.1. The van der Waals surface area contributed by atoms with Crippen LogP contribution in [-0.2, 0) is 10.1 Å². The number of halogens is 3. The normalized spacial score (nSPS) is 11.2. The molecule has 0 spiro atoms. The number of benzene rings is 12. The molecule has 103 heavy (non-hydrogen) atoms. The average Bonchev–Trinajstić information content (AvgIpc) is 0.776. The van der Waals surface area contributed by atoms with E-state index >= 15 is 0 Å². The Morgan fingerprint density at radius 2 is 0.544 bits per heavy atom. The quantitative estimate of drug-likeness (QED) is 0.0595. The highest BCUT2D eigenvalue weighted by Gasteiger charge is 2.48. The minimum atomic E-state index is -5.82. The van der Waals surface area contributed by atoms with Crippen molar-refractivity contribution in [2.24, 2.45) is 0 Å². The molecule has 0 saturated carbocycles. The molecular formula is C85H58BF3N8O5S. The first-order valence-electron chi connectivity index (χ1n) is 32.6. The van der Waals surface area contributed by atoms with E-state index in [9.17, 15) is 21.6 Å². The van der Waals surface area contributed by atoms with E-state index in [1.54, 1.807) is 48.9 Å². The van der Waals surface area contributed by atoms with Crippen molar-refractivity contribution < 1.29 is 35.8 Å². The Kier molecular flexibility index (Phi) is 19.7. The van der Waals surface area contributed by atoms with Gasteiger partial charge in [0.05, 0.1) is 0 Å². The lowest BCUT2D eigenvalue weighted by atomic mass is 9.80. The van der Waals surface area contributed by atoms with Crippen LogP contribution in [0.4, 0.5) is 13.2 Å². The van der Waals surface area contributed by atoms with Gasteiger partial charge in [-0.25, -0.2) is 29.9 Å². The number of hydrogen-bond acceptors (Lipinski definition) is 13. The Balaban J connectivity index is 0.000000146. The van der Waals surface area contributed by atoms with Gasteiger partial charge < -0.3 is 14.2 Å². The molecule has 12 aromatic carbocycles. The van der Waals surface area contributed by atoms with Crippen molar-refractivity contribution in [3.05, 3.63) is 340 Å². The maximum absolute atomic E-state index is 13.0. The SMILES string of the molecule is O=S(=O)(Oc1ccc(-c2ccc(-c3nc(-c4ccccc4)nc(-c4ccccc4)n3)cc2)c2ccccc12)C(F)(F)F.OB(O)c1ccc(-c2cccnc2)cc1.c1ccc(-c2nc(-c3ccccc3)nc(-c3ccc(-c4ccc(-c5ccc(-c6cccnc6)cc5)c5ccccc45)cc3)n2)cc1. The van der Waals surface area contributed by atoms with Crippen molar-refractivity contribution in [1.82, 2.24) is 39.9 Å². The zero-order valence-corrected chi connectivity index (χ0v) is 55.5. The van der Waals surface area contributed by atoms with Crippen LogP contribution in [0.2, 0.25) is 0 Å². The lowest BCUT2D eigenvalue weighted by Crippen LogP contribution is -2.29. The van der Waals surface area contributed by atoms with Crippen molar-refractivity contribution in [2.45, 2.75) is 5.51 Å². The second kappa shape index (κ2) is 30.2. The Morgan fingerprint density at radius 3 is 0.854 bits per heavy atom. The van der Waals surface area contributed by atoms with Crippen molar-refractivity contribution >= 4 is 44.2 Å². The van der Waals surface area contributed by atoms with Crippen LogP contribution < -0.4 is 9.65 Å². The van der Waals surface area contributed by atoms with Gasteiger partial charge in [0.15, 0.2) is 40.7 Å². The van der Waals surface area contributed by atoms with Crippen LogP contribution in [0.1, 0.15) is 0 Å². The van der Waals surface area contributed by atoms with E-state index in [0.717, 1.165) is 66.8 Å². The summed E-state index contributed by atoms with van der Waals surface area (Å²) in [6.45, 7) is 0. The Bertz CT molecular complexity index is 5600. The number of aromatic nitrogens is 8. The average molecular weight is 1370 g/mol. The fourth-order valence-electron chi connectivity index (χ4n) is 11.8. The summed E-state index contributed by atoms with van der Waals surface area (Å²) in [6.07, 6.45) is 7.19. The summed E-state index contributed by atoms with van der Waals surface area (Å²) in [5.41, 5.74) is 10.7. The highest BCUT2D eigenvalue weighted by Crippen LogP contribution is 2.40. The van der Waals surface area contributed by atoms with Crippen LogP contribution in [0.5, 0.6) is 5.75 Å². The maximum atomic E-state index is 13.0. The summed E-state index contributed by atoms with van der Waals surface area (Å²) >= 11 is 0. The first-order chi connectivity index (χ1) is 50.3. The van der Waals surface area contributed by atoms with E-state index in [0.29, 0.717) is 51.4 Å². The predicted octanol–water partition coefficient (Wildman–Crippen LogP) is 18.8. The van der Waals surface area contributed by atoms with Gasteiger partial charge in [-0.2, -0.15) is 21.6 Å². The molecule has 18 heteroatoms. The van der Waals surface area contributed by atoms with Crippen LogP contribution >= 0.6 is 0 Å². The molecule has 16 rings (SSSR count). The molecule has 0 bridgehead atoms. The topological polar surface area (TPSA) is 187 Å². The second-order valence-corrected chi connectivity index (χ2v) is 25.2. The molecule has 0 saturated heterocycles. The smallest absolute Gasteiger partial charge is 0.423 e. The van der Waals surface area contributed by atoms with Crippen LogP contribution in [-0.4, -0.2) is 71.0 Å². The van der Waals surface area contributed by atoms with Gasteiger partial charge in [0.1, 0.15) is 0 Å². The Hall–Kier alpha value is -13.0. The largest absolute Gasteiger partial charge is 0.534 e. The van der Waals surface area contributed by atoms with Gasteiger partial charge in [0, 0.05) is 63.6 Å². The van der Waals surface area contributed by atoms with Gasteiger partial charge in [0.25, 0.3) is 0 Å². The predicted molar refractivity (Wildman–Crippen MR) is 402 cm³/mol. The Labute approximate surface area is 592 Å². The van der Waals surface area contributed by atoms with E-state index in [1.165, 1.54) is 45.7 Å². The van der Waals surface area contributed by atoms with Crippen molar-refractivity contribution in [1.29, 1.82) is 0 Å². The summed E-state index contributed by atoms with van der Waals surface area (Å²) in [7, 11) is -7.23. The minimum Gasteiger partial charge on any atom is -0.423 e. The molecule has 4 heterocycles. The lowest BCUT2D eigenvalue weighted by molar-refractivity contribution is -0.0499. The summed E-state index contributed by atoms with van der Waals surface area (Å²) in [6, 6.07) is 101. The number of nitrogens with zero attached hydrogens (tertiary/aromatic N) is 8. The highest BCUT2D eigenvalue weighted by atomic mass is 32.2. The van der Waals surface area contributed by atoms with Gasteiger partial charge in [0.2, 0.25) is 0 Å². The summed E-state index contributed by atoms with van der Waals surface area (Å²) in [5.74, 6) is 3.08. The summed E-state index contributed by atoms with van der Waals surface area (Å²) in [5, 5.41) is 21.0. The monoisotopic (exact) mass is 1370 g/mol. The highest BCUT2D eigenvalue weighted by molar-refractivity contribution is 7.88. The van der Waals surface area contributed by atoms with Crippen LogP contribution in [0.25, 0.3) is 146 Å². The van der Waals surface area contributed by atoms with E-state index in [1.807, 2.05) is 182 Å². The number of rotatable bonds is 14. The minimum absolute atomic E-state index is 0.226. The van der Waals surface area contributed by atoms with Gasteiger partial charge in [-0.15, -0.1) is 0 Å². The summed E-state index contributed by atoms with van der Waals surface area (Å²) < 4.78 is 66.7. The third kappa shape index (κ3) is 15.4. The zero-order valence-electron chi connectivity index (χ0n) is 54.6. The zero-order chi connectivity index (χ0) is 70.7. The molecule has 0 atom stereocenters. The van der Waals surface area contributed by atoms with Gasteiger partial charge in [-0.05, 0) is 102 Å². The van der Waals surface area contributed by atoms with Crippen molar-refractivity contribution in [3.8, 4) is 130 Å². The number of pyridine rings is 2. The first kappa shape index (κ1) is 67.2. The van der Waals surface area contributed by atoms with E-state index < -0.39 is 28.5 Å². The third-order valence-electron chi connectivity index (χ3n) is 17.0. The van der Waals surface area contributed by atoms with Gasteiger partial charge in [-0.1, -0.05) is 291 Å². The second-order valence-electron chi connectivity index (χ2n) is 23.6. The van der Waals surface area contributed by atoms with Crippen LogP contribution in [0.15, 0.2) is 340 Å². The molecule has 0 aliphatic heterocycles. The fourth-order valence-corrected chi connectivity index (χ4v) is 12.3. The molecule has 0 fully saturated rings. The first-order valence-corrected chi connectivity index (χ1v) is 34.0. The number of hydrogen-bond donors (Lipinski definition) is 2. The fraction of sp³-hybridized carbons (Fsp3) is 0.0118. The maximum Gasteiger partial charge on any atom is 0.534 e. The molecule has 0 aliphatic carbocycles. The van der Waals surface area contributed by atoms with Gasteiger partial charge >= 0.3 is 22.7 Å². The third-order valence-corrected chi connectivity index (χ3v) is 18.0. The molecule has 16 aromatic rings. The molecule has 498 valence electrons. The standard InChI is InChI=1S/C42H28N4.C32H20F3N3O3S.C11H10BNO2/c1-3-10-32(11-4-1)40-44-41(33-12-5-2-6-13-33)46-42(45-40)34-23-21-31(22-24-34)37-26-25-36(38-15-7-8-16-39(37)38)30-19-17-29(18-20-30)35-14-9-27-43-28-35;33-32(34,35)42(39,40)41-28-20-19-25(26-13-7-8-14-27(26)28)21-15-17-24(18-16-21)31-37-29(22-9-3-1-4-10-22)36-30(38-31)23-11-5-2-6-12-23;14-12(15)11-5-3-9(4-6-11)10-2-1-7-13-8-10/h1-28H;1-20H;1-8,14-15H. The molecule has 0 radical (unpaired) electrons. The molecule has 2 N–H and O–H groups in total. The van der Waals surface area contributed by atoms with E-state index in [-0.39, 0.29) is 5.39 Å². The van der Waals surface area contributed by atoms with Crippen LogP contribution in [0.3, 0.4) is 0 Å². The Morgan fingerprint density at radius 1 is 0.282 bits per heavy atom. The molecular weight excluding hydrogens is 1310 g/mol. The number of fused-ring (bicyclic) bond motifs is 2. The molecule has 0 aliphatic rings. The van der Waals surface area contributed by atoms with Crippen molar-refractivity contribution in [3.63, 3.8) is 0 Å². The van der Waals surface area contributed by atoms with E-state index in [4.69, 9.17) is 40.0 Å². The molecule has 4 aromatic heterocycles. The van der Waals surface area contributed by atoms with Gasteiger partial charge in [-0.3, -0.25) is 9.97 Å². The van der Waals surface area contributed by atoms with Crippen LogP contribution in [0, 0.1) is 0 Å². The molecule has 0 unspecified atom stereocenters. The lowest BCUT2D eigenvalue weighted by Gasteiger charge is -2.14. The van der Waals surface area contributed by atoms with E-state index in [2.05, 4.69) is 105 Å². The number of alkyl halides is 3. The van der Waals surface area contributed by atoms with Crippen molar-refractivity contribution in [2.75, 3.05) is 0 Å².